The fraction of sp³-hybridized carbons (Fsp3) is 0.308. The Kier molecular flexibility index (Phi) is 3.15. The molecule has 1 atom stereocenters. The van der Waals surface area contributed by atoms with Crippen LogP contribution in [0.5, 0.6) is 0 Å². The zero-order valence-corrected chi connectivity index (χ0v) is 9.97. The lowest BCUT2D eigenvalue weighted by molar-refractivity contribution is -0.142. The van der Waals surface area contributed by atoms with Crippen LogP contribution < -0.4 is 0 Å². The quantitative estimate of drug-likeness (QED) is 0.844. The molecule has 2 rings (SSSR count). The number of benzene rings is 1. The van der Waals surface area contributed by atoms with Gasteiger partial charge in [0.15, 0.2) is 0 Å². The van der Waals surface area contributed by atoms with E-state index in [0.717, 1.165) is 16.5 Å². The predicted molar refractivity (Wildman–Crippen MR) is 67.1 cm³/mol. The van der Waals surface area contributed by atoms with Gasteiger partial charge < -0.3 is 10.1 Å². The Balaban J connectivity index is 2.31. The Bertz CT molecular complexity index is 531. The number of rotatable bonds is 4. The van der Waals surface area contributed by atoms with Crippen LogP contribution in [0.2, 0.25) is 0 Å². The normalized spacial score (nSPS) is 13.1. The molecule has 0 unspecified atom stereocenters. The van der Waals surface area contributed by atoms with Gasteiger partial charge in [0.1, 0.15) is 6.04 Å². The molecule has 0 saturated carbocycles. The van der Waals surface area contributed by atoms with Crippen molar-refractivity contribution in [1.29, 1.82) is 0 Å². The largest absolute Gasteiger partial charge is 0.480 e. The van der Waals surface area contributed by atoms with E-state index in [1.165, 1.54) is 0 Å². The maximum Gasteiger partial charge on any atom is 0.321 e. The highest BCUT2D eigenvalue weighted by atomic mass is 16.4. The molecule has 90 valence electrons. The van der Waals surface area contributed by atoms with Crippen LogP contribution in [0.15, 0.2) is 30.5 Å². The van der Waals surface area contributed by atoms with Crippen molar-refractivity contribution in [3.05, 3.63) is 36.0 Å². The summed E-state index contributed by atoms with van der Waals surface area (Å²) in [4.78, 5) is 16.0. The molecule has 2 N–H and O–H groups in total. The number of carboxylic acid groups (broad SMARTS) is 1. The molecule has 2 aromatic rings. The number of para-hydroxylation sites is 1. The lowest BCUT2D eigenvalue weighted by Crippen LogP contribution is -2.37. The van der Waals surface area contributed by atoms with Crippen molar-refractivity contribution in [2.24, 2.45) is 0 Å². The summed E-state index contributed by atoms with van der Waals surface area (Å²) < 4.78 is 0. The number of carbonyl (C=O) groups is 1. The van der Waals surface area contributed by atoms with Crippen LogP contribution in [0.3, 0.4) is 0 Å². The van der Waals surface area contributed by atoms with Gasteiger partial charge in [-0.2, -0.15) is 0 Å². The average Bonchev–Trinajstić information content (AvgIpc) is 2.68. The van der Waals surface area contributed by atoms with E-state index in [0.29, 0.717) is 6.42 Å². The SMILES string of the molecule is CN(C)[C@@H](Cc1c[nH]c2ccccc12)C(=O)O. The molecule has 0 amide bonds. The number of likely N-dealkylation sites (N-methyl/N-ethyl adjacent to an activating group) is 1. The van der Waals surface area contributed by atoms with E-state index in [2.05, 4.69) is 4.98 Å². The third-order valence-electron chi connectivity index (χ3n) is 3.00. The first-order chi connectivity index (χ1) is 8.09. The molecule has 1 heterocycles. The van der Waals surface area contributed by atoms with Crippen molar-refractivity contribution >= 4 is 16.9 Å². The summed E-state index contributed by atoms with van der Waals surface area (Å²) in [5, 5.41) is 10.3. The number of nitrogens with one attached hydrogen (secondary N) is 1. The third kappa shape index (κ3) is 2.31. The lowest BCUT2D eigenvalue weighted by Gasteiger charge is -2.19. The maximum atomic E-state index is 11.2. The summed E-state index contributed by atoms with van der Waals surface area (Å²) in [6.07, 6.45) is 2.40. The standard InChI is InChI=1S/C13H16N2O2/c1-15(2)12(13(16)17)7-9-8-14-11-6-4-3-5-10(9)11/h3-6,8,12,14H,7H2,1-2H3,(H,16,17)/t12-/m0/s1. The van der Waals surface area contributed by atoms with Crippen LogP contribution in [0, 0.1) is 0 Å². The Hall–Kier alpha value is -1.81. The van der Waals surface area contributed by atoms with Gasteiger partial charge in [-0.15, -0.1) is 0 Å². The van der Waals surface area contributed by atoms with Crippen LogP contribution >= 0.6 is 0 Å². The maximum absolute atomic E-state index is 11.2. The second-order valence-corrected chi connectivity index (χ2v) is 4.38. The second-order valence-electron chi connectivity index (χ2n) is 4.38. The van der Waals surface area contributed by atoms with Crippen LogP contribution in [0.25, 0.3) is 10.9 Å². The highest BCUT2D eigenvalue weighted by molar-refractivity contribution is 5.84. The number of H-pyrrole nitrogens is 1. The van der Waals surface area contributed by atoms with E-state index in [4.69, 9.17) is 5.11 Å². The zero-order valence-electron chi connectivity index (χ0n) is 9.97. The van der Waals surface area contributed by atoms with E-state index in [1.807, 2.05) is 30.5 Å². The number of carboxylic acids is 1. The fourth-order valence-corrected chi connectivity index (χ4v) is 2.00. The van der Waals surface area contributed by atoms with Crippen LogP contribution in [0.4, 0.5) is 0 Å². The summed E-state index contributed by atoms with van der Waals surface area (Å²) in [7, 11) is 3.57. The molecular formula is C13H16N2O2. The molecule has 0 fully saturated rings. The number of aromatic nitrogens is 1. The van der Waals surface area contributed by atoms with Crippen molar-refractivity contribution in [1.82, 2.24) is 9.88 Å². The number of hydrogen-bond donors (Lipinski definition) is 2. The molecule has 0 aliphatic heterocycles. The third-order valence-corrected chi connectivity index (χ3v) is 3.00. The van der Waals surface area contributed by atoms with Gasteiger partial charge in [0.05, 0.1) is 0 Å². The van der Waals surface area contributed by atoms with E-state index >= 15 is 0 Å². The predicted octanol–water partition coefficient (Wildman–Crippen LogP) is 1.73. The van der Waals surface area contributed by atoms with E-state index < -0.39 is 12.0 Å². The Morgan fingerprint density at radius 2 is 2.12 bits per heavy atom. The second kappa shape index (κ2) is 4.59. The Morgan fingerprint density at radius 1 is 1.41 bits per heavy atom. The number of aromatic amines is 1. The summed E-state index contributed by atoms with van der Waals surface area (Å²) in [6, 6.07) is 7.43. The van der Waals surface area contributed by atoms with Crippen LogP contribution in [-0.2, 0) is 11.2 Å². The molecular weight excluding hydrogens is 216 g/mol. The smallest absolute Gasteiger partial charge is 0.321 e. The van der Waals surface area contributed by atoms with Crippen molar-refractivity contribution in [3.63, 3.8) is 0 Å². The van der Waals surface area contributed by atoms with Gasteiger partial charge in [0.2, 0.25) is 0 Å². The van der Waals surface area contributed by atoms with Crippen LogP contribution in [-0.4, -0.2) is 41.1 Å². The Morgan fingerprint density at radius 3 is 2.76 bits per heavy atom. The summed E-state index contributed by atoms with van der Waals surface area (Å²) in [5.41, 5.74) is 2.09. The van der Waals surface area contributed by atoms with Crippen molar-refractivity contribution in [2.75, 3.05) is 14.1 Å². The molecule has 0 aliphatic rings. The van der Waals surface area contributed by atoms with E-state index in [1.54, 1.807) is 19.0 Å². The number of nitrogens with zero attached hydrogens (tertiary/aromatic N) is 1. The minimum atomic E-state index is -0.791. The molecule has 4 heteroatoms. The molecule has 0 saturated heterocycles. The molecule has 0 bridgehead atoms. The summed E-state index contributed by atoms with van der Waals surface area (Å²) >= 11 is 0. The van der Waals surface area contributed by atoms with Gasteiger partial charge in [-0.3, -0.25) is 9.69 Å². The van der Waals surface area contributed by atoms with E-state index in [-0.39, 0.29) is 0 Å². The lowest BCUT2D eigenvalue weighted by atomic mass is 10.0. The van der Waals surface area contributed by atoms with Gasteiger partial charge >= 0.3 is 5.97 Å². The minimum Gasteiger partial charge on any atom is -0.480 e. The van der Waals surface area contributed by atoms with E-state index in [9.17, 15) is 4.79 Å². The highest BCUT2D eigenvalue weighted by Crippen LogP contribution is 2.19. The summed E-state index contributed by atoms with van der Waals surface area (Å²) in [5.74, 6) is -0.791. The molecule has 1 aromatic carbocycles. The monoisotopic (exact) mass is 232 g/mol. The van der Waals surface area contributed by atoms with Gasteiger partial charge in [0.25, 0.3) is 0 Å². The average molecular weight is 232 g/mol. The number of hydrogen-bond acceptors (Lipinski definition) is 2. The first kappa shape index (κ1) is 11.7. The molecule has 0 aliphatic carbocycles. The van der Waals surface area contributed by atoms with Gasteiger partial charge in [-0.25, -0.2) is 0 Å². The highest BCUT2D eigenvalue weighted by Gasteiger charge is 2.21. The van der Waals surface area contributed by atoms with Crippen molar-refractivity contribution in [3.8, 4) is 0 Å². The van der Waals surface area contributed by atoms with Gasteiger partial charge in [-0.05, 0) is 25.7 Å². The van der Waals surface area contributed by atoms with Gasteiger partial charge in [0, 0.05) is 23.5 Å². The van der Waals surface area contributed by atoms with Crippen molar-refractivity contribution in [2.45, 2.75) is 12.5 Å². The summed E-state index contributed by atoms with van der Waals surface area (Å²) in [6.45, 7) is 0. The molecule has 0 radical (unpaired) electrons. The molecule has 0 spiro atoms. The minimum absolute atomic E-state index is 0.491. The molecule has 17 heavy (non-hydrogen) atoms. The van der Waals surface area contributed by atoms with Gasteiger partial charge in [-0.1, -0.05) is 18.2 Å². The number of aliphatic carboxylic acids is 1. The molecule has 4 nitrogen and oxygen atoms in total. The zero-order chi connectivity index (χ0) is 12.4. The fourth-order valence-electron chi connectivity index (χ4n) is 2.00. The number of fused-ring (bicyclic) bond motifs is 1. The Labute approximate surface area is 99.9 Å². The first-order valence-corrected chi connectivity index (χ1v) is 5.54. The first-order valence-electron chi connectivity index (χ1n) is 5.54. The topological polar surface area (TPSA) is 56.3 Å². The molecule has 1 aromatic heterocycles. The van der Waals surface area contributed by atoms with Crippen LogP contribution in [0.1, 0.15) is 5.56 Å². The van der Waals surface area contributed by atoms with Crippen molar-refractivity contribution < 1.29 is 9.90 Å².